The van der Waals surface area contributed by atoms with E-state index in [0.717, 1.165) is 11.8 Å². The summed E-state index contributed by atoms with van der Waals surface area (Å²) in [5, 5.41) is 0. The highest BCUT2D eigenvalue weighted by Gasteiger charge is 2.13. The van der Waals surface area contributed by atoms with Gasteiger partial charge < -0.3 is 0 Å². The summed E-state index contributed by atoms with van der Waals surface area (Å²) in [6.45, 7) is 3.47. The minimum absolute atomic E-state index is 0.196. The van der Waals surface area contributed by atoms with Crippen molar-refractivity contribution in [1.82, 2.24) is 0 Å². The third-order valence-electron chi connectivity index (χ3n) is 2.06. The van der Waals surface area contributed by atoms with E-state index < -0.39 is 9.84 Å². The topological polar surface area (TPSA) is 63.6 Å². The van der Waals surface area contributed by atoms with Crippen LogP contribution in [0.25, 0.3) is 0 Å². The summed E-state index contributed by atoms with van der Waals surface area (Å²) in [7, 11) is -3.28. The minimum atomic E-state index is -3.28. The van der Waals surface area contributed by atoms with Gasteiger partial charge in [-0.25, -0.2) is 13.2 Å². The maximum Gasteiger partial charge on any atom is 0.240 e. The molecule has 0 aliphatic rings. The van der Waals surface area contributed by atoms with Gasteiger partial charge in [0, 0.05) is 6.26 Å². The van der Waals surface area contributed by atoms with Gasteiger partial charge in [-0.3, -0.25) is 0 Å². The van der Waals surface area contributed by atoms with Gasteiger partial charge in [0.25, 0.3) is 0 Å². The molecule has 0 unspecified atom stereocenters. The molecule has 0 aliphatic carbocycles. The minimum Gasteiger partial charge on any atom is -0.224 e. The van der Waals surface area contributed by atoms with Gasteiger partial charge in [-0.1, -0.05) is 6.07 Å². The first-order chi connectivity index (χ1) is 6.86. The molecule has 0 N–H and O–H groups in total. The Kier molecular flexibility index (Phi) is 3.07. The SMILES string of the molecule is Cc1cc(C)c(S(C)(=O)=O)cc1N=C=O. The number of nitrogens with zero attached hydrogens (tertiary/aromatic N) is 1. The lowest BCUT2D eigenvalue weighted by Gasteiger charge is -2.06. The van der Waals surface area contributed by atoms with Crippen molar-refractivity contribution >= 4 is 21.6 Å². The van der Waals surface area contributed by atoms with Crippen molar-refractivity contribution in [3.63, 3.8) is 0 Å². The molecule has 1 aromatic carbocycles. The number of hydrogen-bond donors (Lipinski definition) is 0. The maximum atomic E-state index is 11.4. The summed E-state index contributed by atoms with van der Waals surface area (Å²) < 4.78 is 22.8. The van der Waals surface area contributed by atoms with E-state index in [1.165, 1.54) is 12.1 Å². The van der Waals surface area contributed by atoms with E-state index in [1.54, 1.807) is 19.9 Å². The van der Waals surface area contributed by atoms with Gasteiger partial charge in [-0.15, -0.1) is 0 Å². The van der Waals surface area contributed by atoms with E-state index in [2.05, 4.69) is 4.99 Å². The monoisotopic (exact) mass is 225 g/mol. The van der Waals surface area contributed by atoms with Gasteiger partial charge in [0.2, 0.25) is 6.08 Å². The van der Waals surface area contributed by atoms with Crippen LogP contribution in [0.4, 0.5) is 5.69 Å². The molecule has 0 bridgehead atoms. The van der Waals surface area contributed by atoms with Crippen molar-refractivity contribution < 1.29 is 13.2 Å². The quantitative estimate of drug-likeness (QED) is 0.568. The van der Waals surface area contributed by atoms with E-state index in [-0.39, 0.29) is 4.90 Å². The van der Waals surface area contributed by atoms with E-state index in [0.29, 0.717) is 11.3 Å². The number of isocyanates is 1. The Morgan fingerprint density at radius 2 is 1.80 bits per heavy atom. The van der Waals surface area contributed by atoms with Crippen molar-refractivity contribution in [2.45, 2.75) is 18.7 Å². The second kappa shape index (κ2) is 3.96. The number of benzene rings is 1. The van der Waals surface area contributed by atoms with E-state index in [4.69, 9.17) is 0 Å². The predicted molar refractivity (Wildman–Crippen MR) is 56.8 cm³/mol. The lowest BCUT2D eigenvalue weighted by molar-refractivity contribution is 0.565. The Hall–Kier alpha value is -1.45. The highest BCUT2D eigenvalue weighted by molar-refractivity contribution is 7.90. The number of aryl methyl sites for hydroxylation is 2. The smallest absolute Gasteiger partial charge is 0.224 e. The lowest BCUT2D eigenvalue weighted by Crippen LogP contribution is -2.00. The third-order valence-corrected chi connectivity index (χ3v) is 3.30. The molecular weight excluding hydrogens is 214 g/mol. The first-order valence-electron chi connectivity index (χ1n) is 4.25. The molecule has 80 valence electrons. The molecule has 15 heavy (non-hydrogen) atoms. The molecule has 5 heteroatoms. The number of sulfone groups is 1. The Balaban J connectivity index is 3.57. The molecular formula is C10H11NO3S. The molecule has 0 heterocycles. The number of hydrogen-bond acceptors (Lipinski definition) is 4. The van der Waals surface area contributed by atoms with Gasteiger partial charge in [-0.05, 0) is 31.0 Å². The molecule has 1 rings (SSSR count). The summed E-state index contributed by atoms with van der Waals surface area (Å²) >= 11 is 0. The Morgan fingerprint density at radius 1 is 1.20 bits per heavy atom. The van der Waals surface area contributed by atoms with Crippen LogP contribution in [0.2, 0.25) is 0 Å². The fourth-order valence-corrected chi connectivity index (χ4v) is 2.36. The van der Waals surface area contributed by atoms with Gasteiger partial charge in [0.15, 0.2) is 9.84 Å². The average Bonchev–Trinajstić information content (AvgIpc) is 2.07. The standard InChI is InChI=1S/C10H11NO3S/c1-7-4-8(2)10(15(3,13)14)5-9(7)11-6-12/h4-5H,1-3H3. The van der Waals surface area contributed by atoms with Crippen molar-refractivity contribution in [2.75, 3.05) is 6.26 Å². The van der Waals surface area contributed by atoms with Crippen LogP contribution in [0.3, 0.4) is 0 Å². The Labute approximate surface area is 88.6 Å². The molecule has 0 radical (unpaired) electrons. The molecule has 0 saturated carbocycles. The zero-order valence-electron chi connectivity index (χ0n) is 8.73. The lowest BCUT2D eigenvalue weighted by atomic mass is 10.1. The van der Waals surface area contributed by atoms with Gasteiger partial charge in [-0.2, -0.15) is 4.99 Å². The molecule has 0 amide bonds. The summed E-state index contributed by atoms with van der Waals surface area (Å²) in [6, 6.07) is 3.08. The van der Waals surface area contributed by atoms with Gasteiger partial charge in [0.05, 0.1) is 10.6 Å². The van der Waals surface area contributed by atoms with Crippen LogP contribution >= 0.6 is 0 Å². The molecule has 0 fully saturated rings. The fraction of sp³-hybridized carbons (Fsp3) is 0.300. The van der Waals surface area contributed by atoms with Crippen LogP contribution in [0.15, 0.2) is 22.0 Å². The van der Waals surface area contributed by atoms with Crippen LogP contribution < -0.4 is 0 Å². The van der Waals surface area contributed by atoms with Crippen molar-refractivity contribution in [2.24, 2.45) is 4.99 Å². The second-order valence-corrected chi connectivity index (χ2v) is 5.36. The molecule has 0 spiro atoms. The predicted octanol–water partition coefficient (Wildman–Crippen LogP) is 1.67. The summed E-state index contributed by atoms with van der Waals surface area (Å²) in [6.07, 6.45) is 2.53. The Morgan fingerprint density at radius 3 is 2.27 bits per heavy atom. The van der Waals surface area contributed by atoms with Crippen LogP contribution in [-0.4, -0.2) is 20.8 Å². The first-order valence-corrected chi connectivity index (χ1v) is 6.14. The highest BCUT2D eigenvalue weighted by atomic mass is 32.2. The molecule has 4 nitrogen and oxygen atoms in total. The normalized spacial score (nSPS) is 10.9. The first kappa shape index (κ1) is 11.6. The van der Waals surface area contributed by atoms with Crippen molar-refractivity contribution in [1.29, 1.82) is 0 Å². The summed E-state index contributed by atoms with van der Waals surface area (Å²) in [5.74, 6) is 0. The van der Waals surface area contributed by atoms with E-state index >= 15 is 0 Å². The molecule has 0 atom stereocenters. The third kappa shape index (κ3) is 2.52. The largest absolute Gasteiger partial charge is 0.240 e. The molecule has 0 saturated heterocycles. The molecule has 0 aromatic heterocycles. The zero-order valence-corrected chi connectivity index (χ0v) is 9.55. The van der Waals surface area contributed by atoms with Crippen LogP contribution in [-0.2, 0) is 14.6 Å². The average molecular weight is 225 g/mol. The number of rotatable bonds is 2. The van der Waals surface area contributed by atoms with Crippen LogP contribution in [0.5, 0.6) is 0 Å². The maximum absolute atomic E-state index is 11.4. The van der Waals surface area contributed by atoms with Gasteiger partial charge >= 0.3 is 0 Å². The van der Waals surface area contributed by atoms with Crippen molar-refractivity contribution in [3.05, 3.63) is 23.3 Å². The Bertz CT molecular complexity index is 540. The van der Waals surface area contributed by atoms with Crippen molar-refractivity contribution in [3.8, 4) is 0 Å². The molecule has 0 aliphatic heterocycles. The van der Waals surface area contributed by atoms with Crippen LogP contribution in [0, 0.1) is 13.8 Å². The number of carbonyl (C=O) groups excluding carboxylic acids is 1. The van der Waals surface area contributed by atoms with E-state index in [1.807, 2.05) is 0 Å². The fourth-order valence-electron chi connectivity index (χ4n) is 1.39. The van der Waals surface area contributed by atoms with Crippen LogP contribution in [0.1, 0.15) is 11.1 Å². The summed E-state index contributed by atoms with van der Waals surface area (Å²) in [4.78, 5) is 13.8. The highest BCUT2D eigenvalue weighted by Crippen LogP contribution is 2.25. The van der Waals surface area contributed by atoms with Gasteiger partial charge in [0.1, 0.15) is 0 Å². The number of aliphatic imine (C=N–C) groups is 1. The summed E-state index contributed by atoms with van der Waals surface area (Å²) in [5.41, 5.74) is 1.75. The van der Waals surface area contributed by atoms with E-state index in [9.17, 15) is 13.2 Å². The second-order valence-electron chi connectivity index (χ2n) is 3.38. The molecule has 1 aromatic rings. The zero-order chi connectivity index (χ0) is 11.6.